The number of benzene rings is 4. The number of carbonyl (C=O) groups is 2. The molecule has 0 aliphatic rings. The number of nitrogens with zero attached hydrogens (tertiary/aromatic N) is 8. The van der Waals surface area contributed by atoms with Gasteiger partial charge in [-0.3, -0.25) is 10.1 Å². The van der Waals surface area contributed by atoms with Crippen LogP contribution in [0.25, 0.3) is 66.8 Å². The first-order valence-corrected chi connectivity index (χ1v) is 21.1. The lowest BCUT2D eigenvalue weighted by molar-refractivity contribution is 0.0696. The smallest absolute Gasteiger partial charge is 0.335 e. The third-order valence-electron chi connectivity index (χ3n) is 9.94. The van der Waals surface area contributed by atoms with Crippen molar-refractivity contribution in [3.8, 4) is 22.5 Å². The number of ether oxygens (including phenoxy) is 1. The summed E-state index contributed by atoms with van der Waals surface area (Å²) < 4.78 is 20.8. The molecule has 0 aliphatic heterocycles. The molecule has 4 N–H and O–H groups in total. The van der Waals surface area contributed by atoms with E-state index in [0.29, 0.717) is 65.2 Å². The lowest BCUT2D eigenvalue weighted by Gasteiger charge is -2.06. The second-order valence-corrected chi connectivity index (χ2v) is 15.4. The highest BCUT2D eigenvalue weighted by Gasteiger charge is 2.17. The molecule has 62 heavy (non-hydrogen) atoms. The minimum atomic E-state index is -0.989. The first-order valence-electron chi connectivity index (χ1n) is 19.2. The number of carbonyl (C=O) groups excluding carboxylic acids is 1. The Kier molecular flexibility index (Phi) is 11.2. The van der Waals surface area contributed by atoms with Crippen LogP contribution in [-0.4, -0.2) is 87.5 Å². The van der Waals surface area contributed by atoms with Gasteiger partial charge in [0.2, 0.25) is 11.8 Å². The summed E-state index contributed by atoms with van der Waals surface area (Å²) in [7, 11) is 3.77. The van der Waals surface area contributed by atoms with Crippen molar-refractivity contribution in [2.24, 2.45) is 14.1 Å². The van der Waals surface area contributed by atoms with Gasteiger partial charge in [0, 0.05) is 48.1 Å². The van der Waals surface area contributed by atoms with Gasteiger partial charge < -0.3 is 38.2 Å². The second-order valence-electron chi connectivity index (χ2n) is 13.9. The Morgan fingerprint density at radius 1 is 0.726 bits per heavy atom. The number of aryl methyl sites for hydroxylation is 2. The van der Waals surface area contributed by atoms with Crippen LogP contribution in [0.5, 0.6) is 0 Å². The first kappa shape index (κ1) is 40.1. The largest absolute Gasteiger partial charge is 0.478 e. The number of fused-ring (bicyclic) bond motifs is 4. The number of aliphatic hydroxyl groups is 1. The number of oxazole rings is 2. The number of hydrogen-bond donors (Lipinski definition) is 4. The van der Waals surface area contributed by atoms with Gasteiger partial charge in [0.15, 0.2) is 11.2 Å². The molecular formula is C43H36N10O7S2. The summed E-state index contributed by atoms with van der Waals surface area (Å²) in [4.78, 5) is 50.5. The Morgan fingerprint density at radius 3 is 2.05 bits per heavy atom. The molecule has 4 aromatic carbocycles. The molecule has 0 saturated carbocycles. The van der Waals surface area contributed by atoms with E-state index in [-0.39, 0.29) is 24.7 Å². The molecule has 312 valence electrons. The summed E-state index contributed by atoms with van der Waals surface area (Å²) >= 11 is 3.09. The van der Waals surface area contributed by atoms with Crippen LogP contribution in [0.1, 0.15) is 32.4 Å². The highest BCUT2D eigenvalue weighted by atomic mass is 32.1. The third-order valence-corrected chi connectivity index (χ3v) is 11.1. The number of thiazole rings is 2. The summed E-state index contributed by atoms with van der Waals surface area (Å²) in [6.07, 6.45) is 0.426. The molecule has 6 aromatic heterocycles. The predicted molar refractivity (Wildman–Crippen MR) is 235 cm³/mol. The second kappa shape index (κ2) is 17.3. The number of carboxylic acid groups (broad SMARTS) is 1. The van der Waals surface area contributed by atoms with E-state index in [0.717, 1.165) is 50.4 Å². The van der Waals surface area contributed by atoms with Crippen molar-refractivity contribution < 1.29 is 33.4 Å². The number of rotatable bonds is 13. The molecule has 0 fully saturated rings. The molecule has 6 heterocycles. The van der Waals surface area contributed by atoms with E-state index in [1.165, 1.54) is 17.4 Å². The first-order chi connectivity index (χ1) is 30.2. The fourth-order valence-electron chi connectivity index (χ4n) is 6.78. The Morgan fingerprint density at radius 2 is 1.37 bits per heavy atom. The van der Waals surface area contributed by atoms with E-state index in [4.69, 9.17) is 28.8 Å². The van der Waals surface area contributed by atoms with Gasteiger partial charge in [0.1, 0.15) is 16.9 Å². The molecule has 0 bridgehead atoms. The molecule has 0 unspecified atom stereocenters. The van der Waals surface area contributed by atoms with Crippen molar-refractivity contribution in [2.75, 3.05) is 31.7 Å². The van der Waals surface area contributed by atoms with Gasteiger partial charge in [-0.2, -0.15) is 4.98 Å². The molecule has 0 radical (unpaired) electrons. The fourth-order valence-corrected chi connectivity index (χ4v) is 7.91. The van der Waals surface area contributed by atoms with Crippen LogP contribution in [0.2, 0.25) is 0 Å². The predicted octanol–water partition coefficient (Wildman–Crippen LogP) is 7.45. The normalized spacial score (nSPS) is 11.4. The summed E-state index contributed by atoms with van der Waals surface area (Å²) in [6.45, 7) is 0.930. The molecule has 10 aromatic rings. The number of hydrogen-bond acceptors (Lipinski definition) is 15. The molecular weight excluding hydrogens is 833 g/mol. The summed E-state index contributed by atoms with van der Waals surface area (Å²) in [5, 5.41) is 27.7. The van der Waals surface area contributed by atoms with Crippen LogP contribution < -0.4 is 10.6 Å². The van der Waals surface area contributed by atoms with Gasteiger partial charge in [0.25, 0.3) is 5.91 Å². The Balaban J connectivity index is 0.000000161. The van der Waals surface area contributed by atoms with Crippen LogP contribution in [-0.2, 0) is 25.3 Å². The molecule has 1 amide bonds. The standard InChI is InChI=1S/C24H23N5O4S.C19H13N5O3S/c1-29-20-5-3-16(24(31)25-6-8-32-9-7-30)10-18(20)27-22(29)12-23-28-17-4-2-15(11-21(17)33-23)19-13-34-14-26-19;1-24-15-5-3-11(17(25)26)6-13(15)21-18(24)23-19-22-12-4-2-10(7-16(12)27-19)14-8-28-9-20-14/h2-5,10-11,13-14,30H,6-9,12H2,1H3,(H,25,31);2-9H,1H3,(H,25,26)(H,21,22,23). The number of aliphatic hydroxyl groups excluding tert-OH is 1. The van der Waals surface area contributed by atoms with Gasteiger partial charge >= 0.3 is 12.0 Å². The van der Waals surface area contributed by atoms with Crippen molar-refractivity contribution in [3.63, 3.8) is 0 Å². The molecule has 0 saturated heterocycles. The van der Waals surface area contributed by atoms with Crippen LogP contribution in [0.15, 0.2) is 103 Å². The zero-order valence-corrected chi connectivity index (χ0v) is 34.7. The number of aromatic carboxylic acids is 1. The Bertz CT molecular complexity index is 3210. The lowest BCUT2D eigenvalue weighted by atomic mass is 10.1. The van der Waals surface area contributed by atoms with Gasteiger partial charge in [-0.05, 0) is 60.7 Å². The summed E-state index contributed by atoms with van der Waals surface area (Å²) in [5.41, 5.74) is 13.9. The van der Waals surface area contributed by atoms with Crippen molar-refractivity contribution in [1.29, 1.82) is 0 Å². The zero-order valence-electron chi connectivity index (χ0n) is 33.1. The molecule has 0 atom stereocenters. The van der Waals surface area contributed by atoms with E-state index in [9.17, 15) is 9.59 Å². The Hall–Kier alpha value is -7.32. The zero-order chi connectivity index (χ0) is 42.7. The number of anilines is 2. The van der Waals surface area contributed by atoms with Crippen LogP contribution in [0.4, 0.5) is 12.0 Å². The van der Waals surface area contributed by atoms with E-state index in [1.54, 1.807) is 46.6 Å². The number of nitrogens with one attached hydrogen (secondary N) is 2. The molecule has 19 heteroatoms. The SMILES string of the molecule is Cn1c(Cc2nc3ccc(-c4cscn4)cc3o2)nc2cc(C(=O)NCCOCCO)ccc21.Cn1c(Nc2nc3ccc(-c4cscn4)cc3o2)nc2cc(C(=O)O)ccc21. The quantitative estimate of drug-likeness (QED) is 0.0827. The minimum Gasteiger partial charge on any atom is -0.478 e. The fraction of sp³-hybridized carbons (Fsp3) is 0.163. The van der Waals surface area contributed by atoms with Crippen LogP contribution >= 0.6 is 22.7 Å². The summed E-state index contributed by atoms with van der Waals surface area (Å²) in [6, 6.07) is 22.2. The van der Waals surface area contributed by atoms with E-state index in [2.05, 4.69) is 35.6 Å². The van der Waals surface area contributed by atoms with Gasteiger partial charge in [-0.1, -0.05) is 12.1 Å². The van der Waals surface area contributed by atoms with Crippen LogP contribution in [0.3, 0.4) is 0 Å². The molecule has 10 rings (SSSR count). The highest BCUT2D eigenvalue weighted by molar-refractivity contribution is 7.08. The van der Waals surface area contributed by atoms with Gasteiger partial charge in [0.05, 0.1) is 76.3 Å². The average Bonchev–Trinajstić information content (AvgIpc) is 4.15. The lowest BCUT2D eigenvalue weighted by Crippen LogP contribution is -2.27. The van der Waals surface area contributed by atoms with Gasteiger partial charge in [-0.25, -0.2) is 29.7 Å². The third kappa shape index (κ3) is 8.37. The Labute approximate surface area is 359 Å². The van der Waals surface area contributed by atoms with Crippen molar-refractivity contribution >= 4 is 90.8 Å². The maximum absolute atomic E-state index is 12.4. The molecule has 0 spiro atoms. The number of carboxylic acids is 1. The van der Waals surface area contributed by atoms with Crippen molar-refractivity contribution in [3.05, 3.63) is 117 Å². The van der Waals surface area contributed by atoms with Crippen molar-refractivity contribution in [2.45, 2.75) is 6.42 Å². The summed E-state index contributed by atoms with van der Waals surface area (Å²) in [5.74, 6) is 0.679. The molecule has 17 nitrogen and oxygen atoms in total. The average molecular weight is 869 g/mol. The topological polar surface area (TPSA) is 221 Å². The van der Waals surface area contributed by atoms with Crippen molar-refractivity contribution in [1.82, 2.24) is 44.4 Å². The van der Waals surface area contributed by atoms with E-state index >= 15 is 0 Å². The number of amides is 1. The van der Waals surface area contributed by atoms with E-state index in [1.807, 2.05) is 76.5 Å². The van der Waals surface area contributed by atoms with Gasteiger partial charge in [-0.15, -0.1) is 22.7 Å². The number of aromatic nitrogens is 8. The monoisotopic (exact) mass is 868 g/mol. The van der Waals surface area contributed by atoms with E-state index < -0.39 is 5.97 Å². The number of imidazole rings is 2. The maximum atomic E-state index is 12.4. The minimum absolute atomic E-state index is 0.0379. The molecule has 0 aliphatic carbocycles. The highest BCUT2D eigenvalue weighted by Crippen LogP contribution is 2.29. The van der Waals surface area contributed by atoms with Crippen LogP contribution in [0, 0.1) is 0 Å². The maximum Gasteiger partial charge on any atom is 0.335 e.